The van der Waals surface area contributed by atoms with Crippen molar-refractivity contribution in [2.45, 2.75) is 19.0 Å². The number of aromatic nitrogens is 1. The highest BCUT2D eigenvalue weighted by Gasteiger charge is 2.23. The fourth-order valence-corrected chi connectivity index (χ4v) is 4.31. The Morgan fingerprint density at radius 3 is 2.55 bits per heavy atom. The number of hydrogen-bond donors (Lipinski definition) is 2. The predicted molar refractivity (Wildman–Crippen MR) is 129 cm³/mol. The third kappa shape index (κ3) is 4.48. The first kappa shape index (κ1) is 21.1. The SMILES string of the molecule is CNCCC(c1c2ccc(N)cc2nc2ccc(OC)cc12)N(C)Cc1ccccc1. The maximum atomic E-state index is 6.10. The van der Waals surface area contributed by atoms with Gasteiger partial charge in [0.25, 0.3) is 0 Å². The number of rotatable bonds is 8. The molecular weight excluding hydrogens is 384 g/mol. The summed E-state index contributed by atoms with van der Waals surface area (Å²) in [7, 11) is 5.90. The Bertz CT molecular complexity index is 1180. The van der Waals surface area contributed by atoms with Gasteiger partial charge in [-0.25, -0.2) is 4.98 Å². The van der Waals surface area contributed by atoms with Gasteiger partial charge in [-0.3, -0.25) is 4.90 Å². The standard InChI is InChI=1S/C26H30N4O/c1-28-14-13-25(30(2)17-18-7-5-4-6-8-18)26-21-11-9-19(27)15-24(21)29-23-12-10-20(31-3)16-22(23)26/h4-12,15-16,25,28H,13-14,17,27H2,1-3H3. The van der Waals surface area contributed by atoms with Crippen LogP contribution in [-0.4, -0.2) is 37.6 Å². The minimum absolute atomic E-state index is 0.191. The van der Waals surface area contributed by atoms with Gasteiger partial charge in [0.05, 0.1) is 18.1 Å². The van der Waals surface area contributed by atoms with Crippen molar-refractivity contribution >= 4 is 27.5 Å². The van der Waals surface area contributed by atoms with Gasteiger partial charge in [-0.2, -0.15) is 0 Å². The number of ether oxygens (including phenoxy) is 1. The van der Waals surface area contributed by atoms with Crippen LogP contribution in [0.5, 0.6) is 5.75 Å². The molecule has 0 saturated carbocycles. The van der Waals surface area contributed by atoms with Gasteiger partial charge in [-0.1, -0.05) is 36.4 Å². The average Bonchev–Trinajstić information content (AvgIpc) is 2.79. The van der Waals surface area contributed by atoms with Crippen LogP contribution in [0.4, 0.5) is 5.69 Å². The molecule has 0 aliphatic carbocycles. The van der Waals surface area contributed by atoms with Crippen LogP contribution in [0.15, 0.2) is 66.7 Å². The molecule has 0 aliphatic heterocycles. The number of nitrogens with two attached hydrogens (primary N) is 1. The molecule has 1 heterocycles. The van der Waals surface area contributed by atoms with Crippen molar-refractivity contribution in [1.82, 2.24) is 15.2 Å². The summed E-state index contributed by atoms with van der Waals surface area (Å²) < 4.78 is 5.55. The molecule has 3 aromatic carbocycles. The normalized spacial score (nSPS) is 12.5. The molecule has 0 bridgehead atoms. The number of fused-ring (bicyclic) bond motifs is 2. The number of anilines is 1. The number of nitrogens with zero attached hydrogens (tertiary/aromatic N) is 2. The van der Waals surface area contributed by atoms with Crippen molar-refractivity contribution in [3.63, 3.8) is 0 Å². The maximum absolute atomic E-state index is 6.10. The number of nitrogen functional groups attached to an aromatic ring is 1. The summed E-state index contributed by atoms with van der Waals surface area (Å²) in [6.07, 6.45) is 0.968. The Kier molecular flexibility index (Phi) is 6.35. The lowest BCUT2D eigenvalue weighted by molar-refractivity contribution is 0.227. The van der Waals surface area contributed by atoms with Crippen LogP contribution in [-0.2, 0) is 6.54 Å². The lowest BCUT2D eigenvalue weighted by Gasteiger charge is -2.31. The lowest BCUT2D eigenvalue weighted by Crippen LogP contribution is -2.27. The minimum Gasteiger partial charge on any atom is -0.497 e. The zero-order valence-electron chi connectivity index (χ0n) is 18.4. The number of nitrogens with one attached hydrogen (secondary N) is 1. The molecule has 160 valence electrons. The van der Waals surface area contributed by atoms with Gasteiger partial charge in [0, 0.05) is 29.0 Å². The minimum atomic E-state index is 0.191. The number of benzene rings is 3. The lowest BCUT2D eigenvalue weighted by atomic mass is 9.93. The van der Waals surface area contributed by atoms with E-state index in [0.717, 1.165) is 52.8 Å². The van der Waals surface area contributed by atoms with E-state index in [4.69, 9.17) is 15.5 Å². The van der Waals surface area contributed by atoms with E-state index in [0.29, 0.717) is 0 Å². The first-order valence-corrected chi connectivity index (χ1v) is 10.7. The first-order chi connectivity index (χ1) is 15.1. The van der Waals surface area contributed by atoms with Crippen molar-refractivity contribution in [1.29, 1.82) is 0 Å². The van der Waals surface area contributed by atoms with Crippen LogP contribution in [0.3, 0.4) is 0 Å². The first-order valence-electron chi connectivity index (χ1n) is 10.7. The average molecular weight is 415 g/mol. The van der Waals surface area contributed by atoms with Crippen molar-refractivity contribution in [3.05, 3.63) is 77.9 Å². The van der Waals surface area contributed by atoms with Crippen LogP contribution in [0.2, 0.25) is 0 Å². The summed E-state index contributed by atoms with van der Waals surface area (Å²) in [5.41, 5.74) is 11.3. The molecule has 4 aromatic rings. The molecule has 0 saturated heterocycles. The molecule has 0 amide bonds. The van der Waals surface area contributed by atoms with E-state index in [9.17, 15) is 0 Å². The molecule has 1 unspecified atom stereocenters. The summed E-state index contributed by atoms with van der Waals surface area (Å²) in [5.74, 6) is 0.837. The van der Waals surface area contributed by atoms with E-state index in [-0.39, 0.29) is 6.04 Å². The molecule has 0 radical (unpaired) electrons. The maximum Gasteiger partial charge on any atom is 0.119 e. The summed E-state index contributed by atoms with van der Waals surface area (Å²) >= 11 is 0. The van der Waals surface area contributed by atoms with E-state index in [1.807, 2.05) is 31.3 Å². The Labute approximate surface area is 183 Å². The fraction of sp³-hybridized carbons (Fsp3) is 0.269. The van der Waals surface area contributed by atoms with E-state index >= 15 is 0 Å². The molecular formula is C26H30N4O. The topological polar surface area (TPSA) is 63.4 Å². The fourth-order valence-electron chi connectivity index (χ4n) is 4.31. The third-order valence-corrected chi connectivity index (χ3v) is 5.85. The molecule has 5 heteroatoms. The summed E-state index contributed by atoms with van der Waals surface area (Å²) in [4.78, 5) is 7.34. The molecule has 0 aliphatic rings. The largest absolute Gasteiger partial charge is 0.497 e. The molecule has 5 nitrogen and oxygen atoms in total. The third-order valence-electron chi connectivity index (χ3n) is 5.85. The van der Waals surface area contributed by atoms with Crippen LogP contribution < -0.4 is 15.8 Å². The summed E-state index contributed by atoms with van der Waals surface area (Å²) in [6.45, 7) is 1.77. The second-order valence-electron chi connectivity index (χ2n) is 7.99. The van der Waals surface area contributed by atoms with Gasteiger partial charge in [0.2, 0.25) is 0 Å². The Morgan fingerprint density at radius 1 is 1.00 bits per heavy atom. The highest BCUT2D eigenvalue weighted by Crippen LogP contribution is 2.37. The van der Waals surface area contributed by atoms with E-state index in [1.54, 1.807) is 7.11 Å². The smallest absolute Gasteiger partial charge is 0.119 e. The number of methoxy groups -OCH3 is 1. The molecule has 31 heavy (non-hydrogen) atoms. The van der Waals surface area contributed by atoms with E-state index < -0.39 is 0 Å². The van der Waals surface area contributed by atoms with Gasteiger partial charge >= 0.3 is 0 Å². The quantitative estimate of drug-likeness (QED) is 0.321. The van der Waals surface area contributed by atoms with Crippen LogP contribution >= 0.6 is 0 Å². The highest BCUT2D eigenvalue weighted by molar-refractivity contribution is 5.99. The highest BCUT2D eigenvalue weighted by atomic mass is 16.5. The Morgan fingerprint density at radius 2 is 1.81 bits per heavy atom. The monoisotopic (exact) mass is 414 g/mol. The van der Waals surface area contributed by atoms with Gasteiger partial charge < -0.3 is 15.8 Å². The van der Waals surface area contributed by atoms with Crippen molar-refractivity contribution in [3.8, 4) is 5.75 Å². The van der Waals surface area contributed by atoms with Gasteiger partial charge in [-0.15, -0.1) is 0 Å². The Hall–Kier alpha value is -3.15. The van der Waals surface area contributed by atoms with Crippen molar-refractivity contribution in [2.24, 2.45) is 0 Å². The molecule has 1 atom stereocenters. The molecule has 0 spiro atoms. The van der Waals surface area contributed by atoms with Crippen LogP contribution in [0, 0.1) is 0 Å². The number of hydrogen-bond acceptors (Lipinski definition) is 5. The van der Waals surface area contributed by atoms with E-state index in [1.165, 1.54) is 11.1 Å². The van der Waals surface area contributed by atoms with Crippen LogP contribution in [0.1, 0.15) is 23.6 Å². The summed E-state index contributed by atoms with van der Waals surface area (Å²) in [6, 6.07) is 22.9. The van der Waals surface area contributed by atoms with Gasteiger partial charge in [0.1, 0.15) is 5.75 Å². The second kappa shape index (κ2) is 9.33. The molecule has 0 fully saturated rings. The van der Waals surface area contributed by atoms with Gasteiger partial charge in [-0.05, 0) is 68.5 Å². The molecule has 1 aromatic heterocycles. The number of pyridine rings is 1. The second-order valence-corrected chi connectivity index (χ2v) is 7.99. The van der Waals surface area contributed by atoms with Gasteiger partial charge in [0.15, 0.2) is 0 Å². The zero-order chi connectivity index (χ0) is 21.8. The van der Waals surface area contributed by atoms with Crippen LogP contribution in [0.25, 0.3) is 21.8 Å². The Balaban J connectivity index is 1.92. The van der Waals surface area contributed by atoms with E-state index in [2.05, 4.69) is 59.7 Å². The summed E-state index contributed by atoms with van der Waals surface area (Å²) in [5, 5.41) is 5.59. The van der Waals surface area contributed by atoms with Crippen molar-refractivity contribution < 1.29 is 4.74 Å². The van der Waals surface area contributed by atoms with Crippen molar-refractivity contribution in [2.75, 3.05) is 33.5 Å². The zero-order valence-corrected chi connectivity index (χ0v) is 18.4. The predicted octanol–water partition coefficient (Wildman–Crippen LogP) is 4.76. The molecule has 3 N–H and O–H groups in total. The molecule has 4 rings (SSSR count).